The van der Waals surface area contributed by atoms with Gasteiger partial charge in [-0.3, -0.25) is 0 Å². The minimum Gasteiger partial charge on any atom is -0.236 e. The Balaban J connectivity index is 1.91. The smallest absolute Gasteiger partial charge is 0.236 e. The van der Waals surface area contributed by atoms with Crippen molar-refractivity contribution in [2.24, 2.45) is 5.41 Å². The van der Waals surface area contributed by atoms with Crippen LogP contribution in [0.1, 0.15) is 25.0 Å². The summed E-state index contributed by atoms with van der Waals surface area (Å²) in [6, 6.07) is 14.0. The predicted octanol–water partition coefficient (Wildman–Crippen LogP) is 6.97. The Kier molecular flexibility index (Phi) is 3.61. The van der Waals surface area contributed by atoms with Crippen LogP contribution in [-0.2, 0) is 6.42 Å². The van der Waals surface area contributed by atoms with Crippen LogP contribution >= 0.6 is 0 Å². The number of alkyl halides is 3. The summed E-state index contributed by atoms with van der Waals surface area (Å²) in [5, 5.41) is 6.10. The Hall–Kier alpha value is -2.95. The van der Waals surface area contributed by atoms with E-state index in [1.54, 1.807) is 6.07 Å². The molecule has 5 aromatic rings. The van der Waals surface area contributed by atoms with Gasteiger partial charge in [-0.1, -0.05) is 44.2 Å². The van der Waals surface area contributed by atoms with Gasteiger partial charge in [0, 0.05) is 10.8 Å². The van der Waals surface area contributed by atoms with Crippen molar-refractivity contribution in [1.82, 2.24) is 9.97 Å². The van der Waals surface area contributed by atoms with Crippen LogP contribution in [0.15, 0.2) is 48.8 Å². The van der Waals surface area contributed by atoms with Gasteiger partial charge in [-0.2, -0.15) is 13.2 Å². The molecule has 0 aliphatic rings. The van der Waals surface area contributed by atoms with Gasteiger partial charge in [0.2, 0.25) is 0 Å². The van der Waals surface area contributed by atoms with Gasteiger partial charge >= 0.3 is 6.18 Å². The van der Waals surface area contributed by atoms with Crippen molar-refractivity contribution >= 4 is 43.4 Å². The third kappa shape index (κ3) is 2.64. The second-order valence-corrected chi connectivity index (χ2v) is 8.53. The van der Waals surface area contributed by atoms with E-state index in [9.17, 15) is 13.2 Å². The quantitative estimate of drug-likeness (QED) is 0.240. The first-order valence-electron chi connectivity index (χ1n) is 9.54. The minimum atomic E-state index is -4.28. The van der Waals surface area contributed by atoms with Crippen molar-refractivity contribution in [3.63, 3.8) is 0 Å². The summed E-state index contributed by atoms with van der Waals surface area (Å²) >= 11 is 0. The number of aryl methyl sites for hydroxylation is 1. The lowest BCUT2D eigenvalue weighted by Gasteiger charge is -2.28. The molecule has 0 aliphatic carbocycles. The second kappa shape index (κ2) is 5.78. The van der Waals surface area contributed by atoms with Crippen LogP contribution in [0, 0.1) is 12.3 Å². The standard InChI is InChI=1S/C24H19F3N2/c1-13-7-15-5-4-6-16-17-9-14(11-23(2,3)24(25,26)27)10-19-21(17)22(29-12-28-19)18(8-13)20(15)16/h4-10,12H,11H2,1-3H3. The molecule has 0 spiro atoms. The van der Waals surface area contributed by atoms with Gasteiger partial charge in [0.05, 0.1) is 16.4 Å². The predicted molar refractivity (Wildman–Crippen MR) is 112 cm³/mol. The topological polar surface area (TPSA) is 25.8 Å². The third-order valence-corrected chi connectivity index (χ3v) is 5.88. The van der Waals surface area contributed by atoms with E-state index < -0.39 is 11.6 Å². The van der Waals surface area contributed by atoms with Crippen molar-refractivity contribution in [2.45, 2.75) is 33.4 Å². The summed E-state index contributed by atoms with van der Waals surface area (Å²) in [4.78, 5) is 8.96. The fourth-order valence-corrected chi connectivity index (χ4v) is 4.37. The molecule has 1 aromatic heterocycles. The van der Waals surface area contributed by atoms with Crippen LogP contribution < -0.4 is 0 Å². The van der Waals surface area contributed by atoms with E-state index in [0.717, 1.165) is 43.4 Å². The number of nitrogens with zero attached hydrogens (tertiary/aromatic N) is 2. The normalized spacial score (nSPS) is 13.3. The SMILES string of the molecule is Cc1cc2cccc3c4cc(CC(C)(C)C(F)(F)F)cc5ncnc(c(c1)c23)c54. The average Bonchev–Trinajstić information content (AvgIpc) is 2.63. The van der Waals surface area contributed by atoms with Crippen molar-refractivity contribution < 1.29 is 13.2 Å². The van der Waals surface area contributed by atoms with Crippen molar-refractivity contribution in [2.75, 3.05) is 0 Å². The minimum absolute atomic E-state index is 0.102. The van der Waals surface area contributed by atoms with Gasteiger partial charge in [0.15, 0.2) is 0 Å². The molecule has 0 atom stereocenters. The zero-order valence-corrected chi connectivity index (χ0v) is 16.4. The molecule has 0 amide bonds. The number of halogens is 3. The molecule has 0 N–H and O–H groups in total. The van der Waals surface area contributed by atoms with E-state index in [2.05, 4.69) is 35.1 Å². The molecule has 5 heteroatoms. The van der Waals surface area contributed by atoms with E-state index in [4.69, 9.17) is 0 Å². The van der Waals surface area contributed by atoms with E-state index in [0.29, 0.717) is 11.1 Å². The second-order valence-electron chi connectivity index (χ2n) is 8.53. The average molecular weight is 392 g/mol. The Morgan fingerprint density at radius 3 is 2.41 bits per heavy atom. The van der Waals surface area contributed by atoms with Crippen LogP contribution in [0.2, 0.25) is 0 Å². The van der Waals surface area contributed by atoms with Crippen LogP contribution in [0.5, 0.6) is 0 Å². The number of aromatic nitrogens is 2. The van der Waals surface area contributed by atoms with E-state index in [-0.39, 0.29) is 6.42 Å². The monoisotopic (exact) mass is 392 g/mol. The van der Waals surface area contributed by atoms with Crippen molar-refractivity contribution in [3.8, 4) is 0 Å². The van der Waals surface area contributed by atoms with E-state index >= 15 is 0 Å². The molecule has 0 fully saturated rings. The lowest BCUT2D eigenvalue weighted by Crippen LogP contribution is -2.34. The maximum Gasteiger partial charge on any atom is 0.394 e. The van der Waals surface area contributed by atoms with Crippen molar-refractivity contribution in [3.05, 3.63) is 59.9 Å². The first kappa shape index (κ1) is 18.1. The number of fused-ring (bicyclic) bond motifs is 2. The zero-order valence-electron chi connectivity index (χ0n) is 16.4. The fraction of sp³-hybridized carbons (Fsp3) is 0.250. The number of hydrogen-bond donors (Lipinski definition) is 0. The number of benzene rings is 4. The van der Waals surface area contributed by atoms with Gasteiger partial charge < -0.3 is 0 Å². The summed E-state index contributed by atoms with van der Waals surface area (Å²) in [5.41, 5.74) is 1.48. The van der Waals surface area contributed by atoms with Gasteiger partial charge in [-0.05, 0) is 58.1 Å². The molecule has 1 heterocycles. The molecule has 5 rings (SSSR count). The first-order valence-corrected chi connectivity index (χ1v) is 9.54. The zero-order chi connectivity index (χ0) is 20.6. The molecular formula is C24H19F3N2. The van der Waals surface area contributed by atoms with Gasteiger partial charge in [0.1, 0.15) is 6.33 Å². The van der Waals surface area contributed by atoms with Crippen LogP contribution in [-0.4, -0.2) is 16.1 Å². The molecule has 0 saturated heterocycles. The maximum absolute atomic E-state index is 13.5. The molecule has 2 nitrogen and oxygen atoms in total. The summed E-state index contributed by atoms with van der Waals surface area (Å²) in [5.74, 6) is 0. The Morgan fingerprint density at radius 1 is 0.862 bits per heavy atom. The molecule has 0 unspecified atom stereocenters. The van der Waals surface area contributed by atoms with E-state index in [1.165, 1.54) is 20.2 Å². The Morgan fingerprint density at radius 2 is 1.66 bits per heavy atom. The van der Waals surface area contributed by atoms with Crippen LogP contribution in [0.25, 0.3) is 43.4 Å². The molecule has 0 aliphatic heterocycles. The fourth-order valence-electron chi connectivity index (χ4n) is 4.37. The molecule has 0 radical (unpaired) electrons. The van der Waals surface area contributed by atoms with E-state index in [1.807, 2.05) is 18.2 Å². The Labute approximate surface area is 165 Å². The molecular weight excluding hydrogens is 373 g/mol. The number of hydrogen-bond acceptors (Lipinski definition) is 2. The highest BCUT2D eigenvalue weighted by atomic mass is 19.4. The molecule has 4 aromatic carbocycles. The van der Waals surface area contributed by atoms with Crippen molar-refractivity contribution in [1.29, 1.82) is 0 Å². The summed E-state index contributed by atoms with van der Waals surface area (Å²) in [7, 11) is 0. The summed E-state index contributed by atoms with van der Waals surface area (Å²) in [6.45, 7) is 4.54. The largest absolute Gasteiger partial charge is 0.394 e. The molecule has 29 heavy (non-hydrogen) atoms. The van der Waals surface area contributed by atoms with Crippen LogP contribution in [0.3, 0.4) is 0 Å². The highest BCUT2D eigenvalue weighted by Crippen LogP contribution is 2.43. The van der Waals surface area contributed by atoms with Gasteiger partial charge in [-0.15, -0.1) is 0 Å². The van der Waals surface area contributed by atoms with Gasteiger partial charge in [0.25, 0.3) is 0 Å². The first-order chi connectivity index (χ1) is 13.7. The van der Waals surface area contributed by atoms with Gasteiger partial charge in [-0.25, -0.2) is 9.97 Å². The molecule has 0 saturated carbocycles. The highest BCUT2D eigenvalue weighted by molar-refractivity contribution is 6.31. The highest BCUT2D eigenvalue weighted by Gasteiger charge is 2.47. The maximum atomic E-state index is 13.5. The lowest BCUT2D eigenvalue weighted by molar-refractivity contribution is -0.211. The third-order valence-electron chi connectivity index (χ3n) is 5.88. The lowest BCUT2D eigenvalue weighted by atomic mass is 9.83. The summed E-state index contributed by atoms with van der Waals surface area (Å²) < 4.78 is 40.5. The summed E-state index contributed by atoms with van der Waals surface area (Å²) in [6.07, 6.45) is -2.88. The molecule has 146 valence electrons. The number of rotatable bonds is 2. The van der Waals surface area contributed by atoms with Crippen LogP contribution in [0.4, 0.5) is 13.2 Å². The molecule has 0 bridgehead atoms. The Bertz CT molecular complexity index is 1400.